The third-order valence-corrected chi connectivity index (χ3v) is 3.21. The number of piperazine rings is 1. The molecule has 2 atom stereocenters. The van der Waals surface area contributed by atoms with Crippen molar-refractivity contribution in [2.75, 3.05) is 33.2 Å². The molecule has 2 aliphatic heterocycles. The highest BCUT2D eigenvalue weighted by molar-refractivity contribution is 4.91. The zero-order valence-electron chi connectivity index (χ0n) is 7.87. The van der Waals surface area contributed by atoms with Gasteiger partial charge in [-0.2, -0.15) is 0 Å². The Morgan fingerprint density at radius 1 is 1.25 bits per heavy atom. The Balaban J connectivity index is 2.00. The van der Waals surface area contributed by atoms with Crippen LogP contribution in [0.5, 0.6) is 0 Å². The van der Waals surface area contributed by atoms with Crippen LogP contribution in [-0.4, -0.2) is 55.1 Å². The summed E-state index contributed by atoms with van der Waals surface area (Å²) in [6.07, 6.45) is 2.51. The van der Waals surface area contributed by atoms with E-state index in [1.54, 1.807) is 0 Å². The molecule has 2 unspecified atom stereocenters. The summed E-state index contributed by atoms with van der Waals surface area (Å²) in [5.41, 5.74) is 6.08. The highest BCUT2D eigenvalue weighted by Gasteiger charge is 2.32. The predicted octanol–water partition coefficient (Wildman–Crippen LogP) is -0.276. The highest BCUT2D eigenvalue weighted by Crippen LogP contribution is 2.19. The number of nitrogens with two attached hydrogens (primary N) is 1. The molecule has 3 nitrogen and oxygen atoms in total. The van der Waals surface area contributed by atoms with Gasteiger partial charge in [0.1, 0.15) is 0 Å². The van der Waals surface area contributed by atoms with Crippen LogP contribution in [0.4, 0.5) is 0 Å². The minimum atomic E-state index is 0.418. The van der Waals surface area contributed by atoms with E-state index in [9.17, 15) is 0 Å². The standard InChI is InChI=1S/C9H19N3/c1-11-5-6-12-4-2-3-8(10)9(12)7-11/h8-9H,2-7,10H2,1H3. The molecule has 0 amide bonds. The van der Waals surface area contributed by atoms with Gasteiger partial charge in [0.05, 0.1) is 0 Å². The van der Waals surface area contributed by atoms with Crippen molar-refractivity contribution in [2.45, 2.75) is 24.9 Å². The monoisotopic (exact) mass is 169 g/mol. The number of rotatable bonds is 0. The Hall–Kier alpha value is -0.120. The number of nitrogens with zero attached hydrogens (tertiary/aromatic N) is 2. The number of hydrogen-bond donors (Lipinski definition) is 1. The summed E-state index contributed by atoms with van der Waals surface area (Å²) >= 11 is 0. The molecule has 2 heterocycles. The molecule has 0 radical (unpaired) electrons. The van der Waals surface area contributed by atoms with Gasteiger partial charge in [-0.3, -0.25) is 4.90 Å². The van der Waals surface area contributed by atoms with Crippen LogP contribution < -0.4 is 5.73 Å². The molecule has 2 saturated heterocycles. The zero-order chi connectivity index (χ0) is 8.55. The maximum atomic E-state index is 6.08. The van der Waals surface area contributed by atoms with Gasteiger partial charge >= 0.3 is 0 Å². The second-order valence-corrected chi connectivity index (χ2v) is 4.17. The van der Waals surface area contributed by atoms with Crippen molar-refractivity contribution in [3.05, 3.63) is 0 Å². The van der Waals surface area contributed by atoms with Gasteiger partial charge in [0.2, 0.25) is 0 Å². The van der Waals surface area contributed by atoms with E-state index in [2.05, 4.69) is 16.8 Å². The van der Waals surface area contributed by atoms with E-state index in [1.165, 1.54) is 39.0 Å². The number of fused-ring (bicyclic) bond motifs is 1. The van der Waals surface area contributed by atoms with Gasteiger partial charge in [-0.25, -0.2) is 0 Å². The quantitative estimate of drug-likeness (QED) is 0.541. The van der Waals surface area contributed by atoms with Crippen LogP contribution in [-0.2, 0) is 0 Å². The van der Waals surface area contributed by atoms with Crippen molar-refractivity contribution in [2.24, 2.45) is 5.73 Å². The molecule has 0 aromatic heterocycles. The Bertz CT molecular complexity index is 160. The summed E-state index contributed by atoms with van der Waals surface area (Å²) in [6, 6.07) is 1.05. The first-order valence-electron chi connectivity index (χ1n) is 4.95. The van der Waals surface area contributed by atoms with Crippen LogP contribution >= 0.6 is 0 Å². The van der Waals surface area contributed by atoms with Crippen LogP contribution in [0.3, 0.4) is 0 Å². The lowest BCUT2D eigenvalue weighted by atomic mass is 9.95. The zero-order valence-corrected chi connectivity index (χ0v) is 7.87. The Morgan fingerprint density at radius 2 is 2.08 bits per heavy atom. The largest absolute Gasteiger partial charge is 0.326 e. The fraction of sp³-hybridized carbons (Fsp3) is 1.00. The molecular formula is C9H19N3. The predicted molar refractivity (Wildman–Crippen MR) is 50.1 cm³/mol. The van der Waals surface area contributed by atoms with Crippen LogP contribution in [0.25, 0.3) is 0 Å². The third kappa shape index (κ3) is 1.49. The molecule has 0 spiro atoms. The lowest BCUT2D eigenvalue weighted by molar-refractivity contribution is 0.0492. The SMILES string of the molecule is CN1CCN2CCCC(N)C2C1. The normalized spacial score (nSPS) is 39.5. The van der Waals surface area contributed by atoms with Crippen molar-refractivity contribution in [3.8, 4) is 0 Å². The van der Waals surface area contributed by atoms with E-state index in [-0.39, 0.29) is 0 Å². The molecule has 0 aromatic rings. The van der Waals surface area contributed by atoms with E-state index in [1.807, 2.05) is 0 Å². The smallest absolute Gasteiger partial charge is 0.0374 e. The van der Waals surface area contributed by atoms with Gasteiger partial charge in [0.15, 0.2) is 0 Å². The second-order valence-electron chi connectivity index (χ2n) is 4.17. The Morgan fingerprint density at radius 3 is 2.92 bits per heavy atom. The van der Waals surface area contributed by atoms with Crippen LogP contribution in [0.1, 0.15) is 12.8 Å². The molecule has 3 heteroatoms. The van der Waals surface area contributed by atoms with E-state index >= 15 is 0 Å². The molecule has 0 aromatic carbocycles. The molecule has 12 heavy (non-hydrogen) atoms. The van der Waals surface area contributed by atoms with Crippen molar-refractivity contribution in [1.29, 1.82) is 0 Å². The summed E-state index contributed by atoms with van der Waals surface area (Å²) in [5, 5.41) is 0. The fourth-order valence-electron chi connectivity index (χ4n) is 2.40. The van der Waals surface area contributed by atoms with Crippen LogP contribution in [0, 0.1) is 0 Å². The van der Waals surface area contributed by atoms with E-state index in [0.29, 0.717) is 12.1 Å². The molecule has 2 rings (SSSR count). The van der Waals surface area contributed by atoms with Crippen molar-refractivity contribution in [1.82, 2.24) is 9.80 Å². The average Bonchev–Trinajstić information content (AvgIpc) is 2.07. The minimum absolute atomic E-state index is 0.418. The van der Waals surface area contributed by atoms with E-state index in [4.69, 9.17) is 5.73 Å². The van der Waals surface area contributed by atoms with Gasteiger partial charge in [0.25, 0.3) is 0 Å². The number of piperidine rings is 1. The first-order chi connectivity index (χ1) is 5.77. The number of hydrogen-bond acceptors (Lipinski definition) is 3. The summed E-state index contributed by atoms with van der Waals surface area (Å²) in [7, 11) is 2.19. The van der Waals surface area contributed by atoms with Gasteiger partial charge in [-0.1, -0.05) is 0 Å². The summed E-state index contributed by atoms with van der Waals surface area (Å²) in [4.78, 5) is 4.96. The van der Waals surface area contributed by atoms with Crippen molar-refractivity contribution < 1.29 is 0 Å². The first-order valence-corrected chi connectivity index (χ1v) is 4.95. The summed E-state index contributed by atoms with van der Waals surface area (Å²) in [5.74, 6) is 0. The lowest BCUT2D eigenvalue weighted by Gasteiger charge is -2.45. The summed E-state index contributed by atoms with van der Waals surface area (Å²) in [6.45, 7) is 4.87. The Labute approximate surface area is 74.5 Å². The molecule has 2 fully saturated rings. The van der Waals surface area contributed by atoms with Gasteiger partial charge < -0.3 is 10.6 Å². The lowest BCUT2D eigenvalue weighted by Crippen LogP contribution is -2.61. The van der Waals surface area contributed by atoms with Gasteiger partial charge in [-0.05, 0) is 26.4 Å². The topological polar surface area (TPSA) is 32.5 Å². The molecular weight excluding hydrogens is 150 g/mol. The minimum Gasteiger partial charge on any atom is -0.326 e. The third-order valence-electron chi connectivity index (χ3n) is 3.21. The first kappa shape index (κ1) is 8.48. The molecule has 0 bridgehead atoms. The van der Waals surface area contributed by atoms with Gasteiger partial charge in [-0.15, -0.1) is 0 Å². The molecule has 2 N–H and O–H groups in total. The van der Waals surface area contributed by atoms with E-state index in [0.717, 1.165) is 0 Å². The molecule has 70 valence electrons. The van der Waals surface area contributed by atoms with Crippen molar-refractivity contribution >= 4 is 0 Å². The second kappa shape index (κ2) is 3.32. The summed E-state index contributed by atoms with van der Waals surface area (Å²) < 4.78 is 0. The maximum Gasteiger partial charge on any atom is 0.0374 e. The fourth-order valence-corrected chi connectivity index (χ4v) is 2.40. The Kier molecular flexibility index (Phi) is 2.35. The van der Waals surface area contributed by atoms with Crippen molar-refractivity contribution in [3.63, 3.8) is 0 Å². The highest BCUT2D eigenvalue weighted by atomic mass is 15.3. The number of likely N-dealkylation sites (N-methyl/N-ethyl adjacent to an activating group) is 1. The molecule has 0 saturated carbocycles. The molecule has 2 aliphatic rings. The van der Waals surface area contributed by atoms with Crippen LogP contribution in [0.15, 0.2) is 0 Å². The van der Waals surface area contributed by atoms with E-state index < -0.39 is 0 Å². The van der Waals surface area contributed by atoms with Gasteiger partial charge in [0, 0.05) is 31.7 Å². The average molecular weight is 169 g/mol. The molecule has 0 aliphatic carbocycles. The maximum absolute atomic E-state index is 6.08. The van der Waals surface area contributed by atoms with Crippen LogP contribution in [0.2, 0.25) is 0 Å².